The number of unbranched alkanes of at least 4 members (excludes halogenated alkanes) is 1. The number of anilines is 1. The third-order valence-electron chi connectivity index (χ3n) is 6.21. The van der Waals surface area contributed by atoms with Crippen molar-refractivity contribution >= 4 is 50.7 Å². The Morgan fingerprint density at radius 3 is 2.20 bits per heavy atom. The maximum Gasteiger partial charge on any atom is 0.244 e. The lowest BCUT2D eigenvalue weighted by atomic mass is 10.0. The Morgan fingerprint density at radius 1 is 0.975 bits per heavy atom. The van der Waals surface area contributed by atoms with E-state index >= 15 is 0 Å². The molecule has 11 heteroatoms. The zero-order valence-electron chi connectivity index (χ0n) is 22.3. The molecule has 0 heterocycles. The van der Waals surface area contributed by atoms with Gasteiger partial charge in [0.15, 0.2) is 0 Å². The average Bonchev–Trinajstić information content (AvgIpc) is 2.89. The van der Waals surface area contributed by atoms with E-state index in [4.69, 9.17) is 23.2 Å². The number of nitrogens with zero attached hydrogens (tertiary/aromatic N) is 2. The van der Waals surface area contributed by atoms with Crippen molar-refractivity contribution in [1.29, 1.82) is 0 Å². The summed E-state index contributed by atoms with van der Waals surface area (Å²) in [6.45, 7) is 1.48. The first-order valence-corrected chi connectivity index (χ1v) is 15.4. The van der Waals surface area contributed by atoms with Gasteiger partial charge in [-0.15, -0.1) is 0 Å². The molecule has 0 aliphatic heterocycles. The second-order valence-corrected chi connectivity index (χ2v) is 12.1. The summed E-state index contributed by atoms with van der Waals surface area (Å²) in [5, 5.41) is 3.25. The molecule has 214 valence electrons. The molecule has 3 aromatic carbocycles. The SMILES string of the molecule is CCCCNC(=O)[C@H](Cc1ccccc1)N(Cc1ccccc1F)C(=O)CN(c1cc(Cl)cc(Cl)c1)S(C)(=O)=O. The number of hydrogen-bond acceptors (Lipinski definition) is 4. The molecule has 0 saturated heterocycles. The van der Waals surface area contributed by atoms with Gasteiger partial charge in [-0.25, -0.2) is 12.8 Å². The summed E-state index contributed by atoms with van der Waals surface area (Å²) >= 11 is 12.2. The van der Waals surface area contributed by atoms with Gasteiger partial charge in [0.1, 0.15) is 18.4 Å². The number of rotatable bonds is 13. The summed E-state index contributed by atoms with van der Waals surface area (Å²) in [6, 6.07) is 18.2. The van der Waals surface area contributed by atoms with E-state index in [0.717, 1.165) is 29.0 Å². The highest BCUT2D eigenvalue weighted by Crippen LogP contribution is 2.27. The minimum Gasteiger partial charge on any atom is -0.354 e. The molecular weight excluding hydrogens is 576 g/mol. The van der Waals surface area contributed by atoms with E-state index in [0.29, 0.717) is 6.54 Å². The first-order chi connectivity index (χ1) is 19.0. The van der Waals surface area contributed by atoms with Crippen LogP contribution in [0, 0.1) is 5.82 Å². The third-order valence-corrected chi connectivity index (χ3v) is 7.79. The number of amides is 2. The molecule has 0 fully saturated rings. The Morgan fingerprint density at radius 2 is 1.60 bits per heavy atom. The van der Waals surface area contributed by atoms with Crippen molar-refractivity contribution < 1.29 is 22.4 Å². The molecule has 3 aromatic rings. The van der Waals surface area contributed by atoms with E-state index in [-0.39, 0.29) is 34.3 Å². The van der Waals surface area contributed by atoms with E-state index in [1.807, 2.05) is 37.3 Å². The monoisotopic (exact) mass is 607 g/mol. The van der Waals surface area contributed by atoms with E-state index < -0.39 is 40.2 Å². The second-order valence-electron chi connectivity index (χ2n) is 9.36. The predicted octanol–water partition coefficient (Wildman–Crippen LogP) is 5.45. The van der Waals surface area contributed by atoms with Crippen molar-refractivity contribution in [2.75, 3.05) is 23.7 Å². The first kappa shape index (κ1) is 31.4. The fourth-order valence-electron chi connectivity index (χ4n) is 4.17. The maximum absolute atomic E-state index is 14.8. The number of sulfonamides is 1. The van der Waals surface area contributed by atoms with Crippen molar-refractivity contribution in [2.45, 2.75) is 38.8 Å². The van der Waals surface area contributed by atoms with Gasteiger partial charge in [-0.2, -0.15) is 0 Å². The number of carbonyl (C=O) groups excluding carboxylic acids is 2. The molecule has 7 nitrogen and oxygen atoms in total. The van der Waals surface area contributed by atoms with Gasteiger partial charge >= 0.3 is 0 Å². The Hall–Kier alpha value is -3.14. The van der Waals surface area contributed by atoms with Gasteiger partial charge in [0.25, 0.3) is 0 Å². The van der Waals surface area contributed by atoms with Crippen LogP contribution >= 0.6 is 23.2 Å². The zero-order chi connectivity index (χ0) is 29.3. The van der Waals surface area contributed by atoms with Crippen LogP contribution in [0.1, 0.15) is 30.9 Å². The van der Waals surface area contributed by atoms with Crippen LogP contribution in [0.2, 0.25) is 10.0 Å². The van der Waals surface area contributed by atoms with Crippen molar-refractivity contribution in [1.82, 2.24) is 10.2 Å². The zero-order valence-corrected chi connectivity index (χ0v) is 24.6. The van der Waals surface area contributed by atoms with Crippen LogP contribution < -0.4 is 9.62 Å². The highest BCUT2D eigenvalue weighted by molar-refractivity contribution is 7.92. The standard InChI is InChI=1S/C29H32Cl2FN3O4S/c1-3-4-14-33-29(37)27(15-21-10-6-5-7-11-21)34(19-22-12-8-9-13-26(22)32)28(36)20-35(40(2,38)39)25-17-23(30)16-24(31)18-25/h5-13,16-18,27H,3-4,14-15,19-20H2,1-2H3,(H,33,37)/t27-/m0/s1. The van der Waals surface area contributed by atoms with Gasteiger partial charge in [0.2, 0.25) is 21.8 Å². The van der Waals surface area contributed by atoms with Crippen molar-refractivity contribution in [3.05, 3.63) is 99.8 Å². The highest BCUT2D eigenvalue weighted by atomic mass is 35.5. The van der Waals surface area contributed by atoms with Crippen LogP contribution in [0.25, 0.3) is 0 Å². The maximum atomic E-state index is 14.8. The minimum absolute atomic E-state index is 0.0891. The minimum atomic E-state index is -3.99. The summed E-state index contributed by atoms with van der Waals surface area (Å²) < 4.78 is 41.3. The van der Waals surface area contributed by atoms with E-state index in [2.05, 4.69) is 5.32 Å². The molecule has 0 aliphatic rings. The molecule has 0 saturated carbocycles. The van der Waals surface area contributed by atoms with E-state index in [1.54, 1.807) is 6.07 Å². The fourth-order valence-corrected chi connectivity index (χ4v) is 5.52. The topological polar surface area (TPSA) is 86.8 Å². The lowest BCUT2D eigenvalue weighted by Gasteiger charge is -2.33. The summed E-state index contributed by atoms with van der Waals surface area (Å²) in [5.74, 6) is -1.67. The largest absolute Gasteiger partial charge is 0.354 e. The molecule has 0 spiro atoms. The molecule has 1 atom stereocenters. The predicted molar refractivity (Wildman–Crippen MR) is 157 cm³/mol. The van der Waals surface area contributed by atoms with E-state index in [9.17, 15) is 22.4 Å². The van der Waals surface area contributed by atoms with Crippen LogP contribution in [0.3, 0.4) is 0 Å². The molecule has 1 N–H and O–H groups in total. The quantitative estimate of drug-likeness (QED) is 0.262. The Labute approximate surface area is 244 Å². The number of benzene rings is 3. The van der Waals surface area contributed by atoms with Crippen LogP contribution in [0.5, 0.6) is 0 Å². The van der Waals surface area contributed by atoms with Crippen molar-refractivity contribution in [2.24, 2.45) is 0 Å². The van der Waals surface area contributed by atoms with Gasteiger partial charge in [-0.1, -0.05) is 85.1 Å². The molecule has 3 rings (SSSR count). The molecule has 40 heavy (non-hydrogen) atoms. The number of carbonyl (C=O) groups is 2. The Balaban J connectivity index is 2.06. The van der Waals surface area contributed by atoms with Gasteiger partial charge < -0.3 is 10.2 Å². The molecule has 0 aromatic heterocycles. The number of halogens is 3. The Bertz CT molecular complexity index is 1400. The molecule has 0 bridgehead atoms. The smallest absolute Gasteiger partial charge is 0.244 e. The summed E-state index contributed by atoms with van der Waals surface area (Å²) in [4.78, 5) is 28.7. The average molecular weight is 609 g/mol. The van der Waals surface area contributed by atoms with Crippen LogP contribution in [-0.2, 0) is 32.6 Å². The molecule has 0 aliphatic carbocycles. The fraction of sp³-hybridized carbons (Fsp3) is 0.310. The van der Waals surface area contributed by atoms with Gasteiger partial charge in [0.05, 0.1) is 11.9 Å². The van der Waals surface area contributed by atoms with E-state index in [1.165, 1.54) is 41.3 Å². The summed E-state index contributed by atoms with van der Waals surface area (Å²) in [5.41, 5.74) is 1.06. The first-order valence-electron chi connectivity index (χ1n) is 12.8. The lowest BCUT2D eigenvalue weighted by molar-refractivity contribution is -0.140. The number of hydrogen-bond donors (Lipinski definition) is 1. The lowest BCUT2D eigenvalue weighted by Crippen LogP contribution is -2.53. The van der Waals surface area contributed by atoms with Gasteiger partial charge in [-0.3, -0.25) is 13.9 Å². The Kier molecular flexibility index (Phi) is 11.4. The normalized spacial score (nSPS) is 12.0. The van der Waals surface area contributed by atoms with Crippen molar-refractivity contribution in [3.8, 4) is 0 Å². The van der Waals surface area contributed by atoms with Gasteiger partial charge in [-0.05, 0) is 36.2 Å². The summed E-state index contributed by atoms with van der Waals surface area (Å²) in [7, 11) is -3.99. The summed E-state index contributed by atoms with van der Waals surface area (Å²) in [6.07, 6.45) is 2.69. The van der Waals surface area contributed by atoms with Crippen LogP contribution in [0.4, 0.5) is 10.1 Å². The third kappa shape index (κ3) is 8.94. The van der Waals surface area contributed by atoms with Crippen LogP contribution in [0.15, 0.2) is 72.8 Å². The molecule has 0 radical (unpaired) electrons. The molecule has 2 amide bonds. The molecular formula is C29H32Cl2FN3O4S. The van der Waals surface area contributed by atoms with Gasteiger partial charge in [0, 0.05) is 35.1 Å². The van der Waals surface area contributed by atoms with Crippen molar-refractivity contribution in [3.63, 3.8) is 0 Å². The second kappa shape index (κ2) is 14.5. The molecule has 0 unspecified atom stereocenters. The number of nitrogens with one attached hydrogen (secondary N) is 1. The highest BCUT2D eigenvalue weighted by Gasteiger charge is 2.33. The van der Waals surface area contributed by atoms with Crippen LogP contribution in [-0.4, -0.2) is 50.5 Å².